The Hall–Kier alpha value is -1.33. The second-order valence-corrected chi connectivity index (χ2v) is 8.45. The molecular weight excluding hydrogens is 263 g/mol. The molecule has 0 aliphatic rings. The van der Waals surface area contributed by atoms with Gasteiger partial charge >= 0.3 is 0 Å². The number of rotatable bonds is 5. The highest BCUT2D eigenvalue weighted by Gasteiger charge is 2.26. The van der Waals surface area contributed by atoms with Crippen LogP contribution >= 0.6 is 7.14 Å². The van der Waals surface area contributed by atoms with Gasteiger partial charge in [-0.15, -0.1) is 0 Å². The monoisotopic (exact) mass is 286 g/mol. The third-order valence-electron chi connectivity index (χ3n) is 3.66. The minimum Gasteiger partial charge on any atom is -0.314 e. The Labute approximate surface area is 122 Å². The summed E-state index contributed by atoms with van der Waals surface area (Å²) in [7, 11) is -2.49. The molecule has 20 heavy (non-hydrogen) atoms. The van der Waals surface area contributed by atoms with Crippen LogP contribution in [0.1, 0.15) is 30.9 Å². The summed E-state index contributed by atoms with van der Waals surface area (Å²) in [6, 6.07) is 16.3. The first-order valence-corrected chi connectivity index (χ1v) is 9.19. The van der Waals surface area contributed by atoms with E-state index in [-0.39, 0.29) is 0 Å². The summed E-state index contributed by atoms with van der Waals surface area (Å²) in [5, 5.41) is 1.99. The van der Waals surface area contributed by atoms with E-state index in [1.165, 1.54) is 11.1 Å². The quantitative estimate of drug-likeness (QED) is 0.744. The zero-order valence-electron chi connectivity index (χ0n) is 12.6. The van der Waals surface area contributed by atoms with E-state index in [0.717, 1.165) is 29.6 Å². The molecule has 0 radical (unpaired) electrons. The largest absolute Gasteiger partial charge is 0.314 e. The van der Waals surface area contributed by atoms with Gasteiger partial charge in [0, 0.05) is 16.8 Å². The highest BCUT2D eigenvalue weighted by molar-refractivity contribution is 7.78. The fourth-order valence-corrected chi connectivity index (χ4v) is 5.55. The van der Waals surface area contributed by atoms with Gasteiger partial charge < -0.3 is 4.57 Å². The Balaban J connectivity index is 2.53. The number of benzene rings is 2. The topological polar surface area (TPSA) is 17.1 Å². The average Bonchev–Trinajstić information content (AvgIpc) is 2.45. The van der Waals surface area contributed by atoms with E-state index in [0.29, 0.717) is 0 Å². The Morgan fingerprint density at radius 2 is 1.40 bits per heavy atom. The lowest BCUT2D eigenvalue weighted by atomic mass is 10.2. The molecule has 0 bridgehead atoms. The van der Waals surface area contributed by atoms with Crippen molar-refractivity contribution in [3.8, 4) is 0 Å². The Morgan fingerprint density at radius 3 is 1.80 bits per heavy atom. The van der Waals surface area contributed by atoms with Gasteiger partial charge in [-0.05, 0) is 32.4 Å². The molecule has 0 spiro atoms. The van der Waals surface area contributed by atoms with Gasteiger partial charge in [0.05, 0.1) is 0 Å². The van der Waals surface area contributed by atoms with Crippen molar-refractivity contribution in [1.29, 1.82) is 0 Å². The van der Waals surface area contributed by atoms with Crippen molar-refractivity contribution in [2.45, 2.75) is 33.6 Å². The maximum atomic E-state index is 13.7. The van der Waals surface area contributed by atoms with Crippen LogP contribution in [0, 0.1) is 13.8 Å². The molecule has 2 heteroatoms. The van der Waals surface area contributed by atoms with Crippen LogP contribution < -0.4 is 10.6 Å². The van der Waals surface area contributed by atoms with Crippen LogP contribution in [0.4, 0.5) is 0 Å². The van der Waals surface area contributed by atoms with Crippen LogP contribution in [-0.2, 0) is 4.57 Å². The highest BCUT2D eigenvalue weighted by Crippen LogP contribution is 2.44. The molecule has 0 amide bonds. The van der Waals surface area contributed by atoms with Gasteiger partial charge in [0.15, 0.2) is 0 Å². The number of unbranched alkanes of at least 4 members (excludes halogenated alkanes) is 1. The maximum Gasteiger partial charge on any atom is 0.143 e. The van der Waals surface area contributed by atoms with Crippen LogP contribution in [0.3, 0.4) is 0 Å². The second kappa shape index (κ2) is 6.41. The normalized spacial score (nSPS) is 11.6. The lowest BCUT2D eigenvalue weighted by molar-refractivity contribution is 0.585. The zero-order chi connectivity index (χ0) is 14.6. The molecule has 2 rings (SSSR count). The van der Waals surface area contributed by atoms with Crippen molar-refractivity contribution in [3.05, 3.63) is 59.7 Å². The predicted molar refractivity (Wildman–Crippen MR) is 89.0 cm³/mol. The fourth-order valence-electron chi connectivity index (χ4n) is 2.49. The number of hydrogen-bond acceptors (Lipinski definition) is 1. The lowest BCUT2D eigenvalue weighted by Gasteiger charge is -2.20. The van der Waals surface area contributed by atoms with Crippen molar-refractivity contribution in [3.63, 3.8) is 0 Å². The molecule has 0 aliphatic heterocycles. The van der Waals surface area contributed by atoms with Crippen molar-refractivity contribution >= 4 is 17.8 Å². The number of aryl methyl sites for hydroxylation is 2. The maximum absolute atomic E-state index is 13.7. The van der Waals surface area contributed by atoms with Gasteiger partial charge in [-0.1, -0.05) is 60.9 Å². The summed E-state index contributed by atoms with van der Waals surface area (Å²) >= 11 is 0. The average molecular weight is 286 g/mol. The highest BCUT2D eigenvalue weighted by atomic mass is 31.2. The molecule has 2 aromatic rings. The van der Waals surface area contributed by atoms with Crippen LogP contribution in [0.25, 0.3) is 0 Å². The minimum absolute atomic E-state index is 0.760. The van der Waals surface area contributed by atoms with Gasteiger partial charge in [-0.2, -0.15) is 0 Å². The van der Waals surface area contributed by atoms with E-state index >= 15 is 0 Å². The molecule has 0 aromatic heterocycles. The van der Waals surface area contributed by atoms with Crippen LogP contribution in [0.2, 0.25) is 0 Å². The molecule has 0 aliphatic carbocycles. The van der Waals surface area contributed by atoms with Crippen molar-refractivity contribution in [2.24, 2.45) is 0 Å². The van der Waals surface area contributed by atoms with Crippen LogP contribution in [0.15, 0.2) is 48.5 Å². The molecule has 0 fully saturated rings. The fraction of sp³-hybridized carbons (Fsp3) is 0.333. The van der Waals surface area contributed by atoms with E-state index < -0.39 is 7.14 Å². The first-order valence-electron chi connectivity index (χ1n) is 7.30. The van der Waals surface area contributed by atoms with E-state index in [9.17, 15) is 4.57 Å². The molecule has 0 saturated carbocycles. The second-order valence-electron chi connectivity index (χ2n) is 5.49. The van der Waals surface area contributed by atoms with Crippen molar-refractivity contribution < 1.29 is 4.57 Å². The molecule has 2 aromatic carbocycles. The molecular formula is C18H23OP. The molecule has 0 saturated heterocycles. The molecule has 1 nitrogen and oxygen atoms in total. The van der Waals surface area contributed by atoms with E-state index in [4.69, 9.17) is 0 Å². The predicted octanol–water partition coefficient (Wildman–Crippen LogP) is 4.42. The van der Waals surface area contributed by atoms with E-state index in [1.807, 2.05) is 24.3 Å². The third kappa shape index (κ3) is 3.22. The summed E-state index contributed by atoms with van der Waals surface area (Å²) in [5.41, 5.74) is 2.35. The Kier molecular flexibility index (Phi) is 4.83. The summed E-state index contributed by atoms with van der Waals surface area (Å²) in [4.78, 5) is 0. The SMILES string of the molecule is CCCCP(=O)(c1cccc(C)c1)c1cccc(C)c1. The zero-order valence-corrected chi connectivity index (χ0v) is 13.5. The Morgan fingerprint density at radius 1 is 0.900 bits per heavy atom. The molecule has 0 N–H and O–H groups in total. The van der Waals surface area contributed by atoms with Crippen molar-refractivity contribution in [2.75, 3.05) is 6.16 Å². The van der Waals surface area contributed by atoms with E-state index in [1.54, 1.807) is 0 Å². The molecule has 0 unspecified atom stereocenters. The summed E-state index contributed by atoms with van der Waals surface area (Å²) < 4.78 is 13.7. The first-order chi connectivity index (χ1) is 9.56. The van der Waals surface area contributed by atoms with Gasteiger partial charge in [-0.3, -0.25) is 0 Å². The van der Waals surface area contributed by atoms with Crippen LogP contribution in [-0.4, -0.2) is 6.16 Å². The third-order valence-corrected chi connectivity index (χ3v) is 6.83. The summed E-state index contributed by atoms with van der Waals surface area (Å²) in [5.74, 6) is 0. The van der Waals surface area contributed by atoms with Gasteiger partial charge in [-0.25, -0.2) is 0 Å². The Bertz CT molecular complexity index is 581. The molecule has 106 valence electrons. The molecule has 0 heterocycles. The summed E-state index contributed by atoms with van der Waals surface area (Å²) in [6.07, 6.45) is 2.83. The summed E-state index contributed by atoms with van der Waals surface area (Å²) in [6.45, 7) is 6.27. The lowest BCUT2D eigenvalue weighted by Crippen LogP contribution is -2.19. The number of hydrogen-bond donors (Lipinski definition) is 0. The van der Waals surface area contributed by atoms with Gasteiger partial charge in [0.1, 0.15) is 7.14 Å². The standard InChI is InChI=1S/C18H23OP/c1-4-5-12-20(19,17-10-6-8-15(2)13-17)18-11-7-9-16(3)14-18/h6-11,13-14H,4-5,12H2,1-3H3. The van der Waals surface area contributed by atoms with Crippen LogP contribution in [0.5, 0.6) is 0 Å². The van der Waals surface area contributed by atoms with Gasteiger partial charge in [0.2, 0.25) is 0 Å². The van der Waals surface area contributed by atoms with Crippen molar-refractivity contribution in [1.82, 2.24) is 0 Å². The van der Waals surface area contributed by atoms with E-state index in [2.05, 4.69) is 45.0 Å². The minimum atomic E-state index is -2.49. The smallest absolute Gasteiger partial charge is 0.143 e. The van der Waals surface area contributed by atoms with Gasteiger partial charge in [0.25, 0.3) is 0 Å². The molecule has 0 atom stereocenters. The first kappa shape index (κ1) is 15.1.